The van der Waals surface area contributed by atoms with E-state index in [1.165, 1.54) is 4.90 Å². The van der Waals surface area contributed by atoms with Crippen LogP contribution in [0.25, 0.3) is 0 Å². The van der Waals surface area contributed by atoms with Crippen LogP contribution < -0.4 is 10.1 Å². The zero-order valence-electron chi connectivity index (χ0n) is 18.5. The molecule has 0 aliphatic carbocycles. The molecule has 0 fully saturated rings. The molecule has 2 amide bonds. The summed E-state index contributed by atoms with van der Waals surface area (Å²) in [6, 6.07) is 10.1. The topological polar surface area (TPSA) is 58.6 Å². The van der Waals surface area contributed by atoms with Crippen molar-refractivity contribution in [1.82, 2.24) is 10.2 Å². The highest BCUT2D eigenvalue weighted by atomic mass is 35.5. The van der Waals surface area contributed by atoms with Gasteiger partial charge in [-0.3, -0.25) is 9.59 Å². The Balaban J connectivity index is 2.19. The summed E-state index contributed by atoms with van der Waals surface area (Å²) in [5.74, 6) is 0.0516. The molecule has 0 aliphatic rings. The number of benzene rings is 2. The van der Waals surface area contributed by atoms with Crippen LogP contribution in [0.3, 0.4) is 0 Å². The highest BCUT2D eigenvalue weighted by Gasteiger charge is 2.27. The summed E-state index contributed by atoms with van der Waals surface area (Å²) in [4.78, 5) is 27.2. The SMILES string of the molecule is CCCCNC(=O)C(C)N(Cc1c(Cl)cccc1Cl)C(=O)COc1ccc(C)c(C)c1. The van der Waals surface area contributed by atoms with Crippen LogP contribution in [0.2, 0.25) is 10.0 Å². The third-order valence-electron chi connectivity index (χ3n) is 5.23. The Bertz CT molecular complexity index is 897. The number of rotatable bonds is 10. The van der Waals surface area contributed by atoms with Crippen LogP contribution in [0.15, 0.2) is 36.4 Å². The summed E-state index contributed by atoms with van der Waals surface area (Å²) < 4.78 is 5.72. The normalized spacial score (nSPS) is 11.7. The van der Waals surface area contributed by atoms with Gasteiger partial charge in [-0.1, -0.05) is 48.7 Å². The molecule has 0 heterocycles. The van der Waals surface area contributed by atoms with E-state index in [0.29, 0.717) is 27.9 Å². The largest absolute Gasteiger partial charge is 0.484 e. The number of nitrogens with zero attached hydrogens (tertiary/aromatic N) is 1. The molecule has 0 spiro atoms. The third-order valence-corrected chi connectivity index (χ3v) is 5.94. The van der Waals surface area contributed by atoms with Gasteiger partial charge in [0, 0.05) is 28.7 Å². The number of unbranched alkanes of at least 4 members (excludes halogenated alkanes) is 1. The molecule has 2 aromatic rings. The van der Waals surface area contributed by atoms with Crippen LogP contribution in [0.1, 0.15) is 43.4 Å². The summed E-state index contributed by atoms with van der Waals surface area (Å²) >= 11 is 12.6. The van der Waals surface area contributed by atoms with E-state index in [2.05, 4.69) is 12.2 Å². The van der Waals surface area contributed by atoms with E-state index in [9.17, 15) is 9.59 Å². The van der Waals surface area contributed by atoms with E-state index in [-0.39, 0.29) is 25.0 Å². The molecule has 2 rings (SSSR count). The first-order valence-electron chi connectivity index (χ1n) is 10.4. The lowest BCUT2D eigenvalue weighted by atomic mass is 10.1. The van der Waals surface area contributed by atoms with Crippen molar-refractivity contribution in [1.29, 1.82) is 0 Å². The van der Waals surface area contributed by atoms with E-state index >= 15 is 0 Å². The molecule has 0 aromatic heterocycles. The Morgan fingerprint density at radius 2 is 1.77 bits per heavy atom. The first kappa shape index (κ1) is 25.0. The predicted octanol–water partition coefficient (Wildman–Crippen LogP) is 5.32. The monoisotopic (exact) mass is 464 g/mol. The molecule has 0 saturated heterocycles. The minimum absolute atomic E-state index is 0.107. The van der Waals surface area contributed by atoms with Crippen molar-refractivity contribution >= 4 is 35.0 Å². The van der Waals surface area contributed by atoms with Gasteiger partial charge in [-0.25, -0.2) is 0 Å². The number of nitrogens with one attached hydrogen (secondary N) is 1. The molecule has 1 unspecified atom stereocenters. The van der Waals surface area contributed by atoms with Gasteiger partial charge in [-0.05, 0) is 62.6 Å². The van der Waals surface area contributed by atoms with Crippen molar-refractivity contribution in [2.75, 3.05) is 13.2 Å². The Morgan fingerprint density at radius 1 is 1.10 bits per heavy atom. The van der Waals surface area contributed by atoms with Gasteiger partial charge < -0.3 is 15.0 Å². The number of aryl methyl sites for hydroxylation is 2. The van der Waals surface area contributed by atoms with E-state index in [1.54, 1.807) is 25.1 Å². The Hall–Kier alpha value is -2.24. The van der Waals surface area contributed by atoms with Crippen LogP contribution in [-0.4, -0.2) is 35.9 Å². The van der Waals surface area contributed by atoms with Gasteiger partial charge in [-0.15, -0.1) is 0 Å². The second-order valence-corrected chi connectivity index (χ2v) is 8.39. The molecule has 168 valence electrons. The summed E-state index contributed by atoms with van der Waals surface area (Å²) in [6.07, 6.45) is 1.84. The summed E-state index contributed by atoms with van der Waals surface area (Å²) in [7, 11) is 0. The molecular weight excluding hydrogens is 435 g/mol. The van der Waals surface area contributed by atoms with Crippen molar-refractivity contribution < 1.29 is 14.3 Å². The number of ether oxygens (including phenoxy) is 1. The van der Waals surface area contributed by atoms with Gasteiger partial charge >= 0.3 is 0 Å². The molecule has 7 heteroatoms. The smallest absolute Gasteiger partial charge is 0.261 e. The van der Waals surface area contributed by atoms with Crippen molar-refractivity contribution in [2.24, 2.45) is 0 Å². The first-order valence-corrected chi connectivity index (χ1v) is 11.2. The number of halogens is 2. The van der Waals surface area contributed by atoms with Gasteiger partial charge in [0.05, 0.1) is 0 Å². The highest BCUT2D eigenvalue weighted by molar-refractivity contribution is 6.36. The fourth-order valence-electron chi connectivity index (χ4n) is 3.00. The quantitative estimate of drug-likeness (QED) is 0.483. The number of carbonyl (C=O) groups is 2. The number of carbonyl (C=O) groups excluding carboxylic acids is 2. The first-order chi connectivity index (χ1) is 14.7. The fraction of sp³-hybridized carbons (Fsp3) is 0.417. The van der Waals surface area contributed by atoms with Crippen molar-refractivity contribution in [3.63, 3.8) is 0 Å². The molecule has 1 N–H and O–H groups in total. The summed E-state index contributed by atoms with van der Waals surface area (Å²) in [6.45, 7) is 8.21. The molecule has 0 aliphatic heterocycles. The van der Waals surface area contributed by atoms with Crippen LogP contribution in [0, 0.1) is 13.8 Å². The average Bonchev–Trinajstić information content (AvgIpc) is 2.74. The molecule has 0 saturated carbocycles. The highest BCUT2D eigenvalue weighted by Crippen LogP contribution is 2.26. The number of hydrogen-bond donors (Lipinski definition) is 1. The lowest BCUT2D eigenvalue weighted by molar-refractivity contribution is -0.142. The Morgan fingerprint density at radius 3 is 2.39 bits per heavy atom. The van der Waals surface area contributed by atoms with Crippen molar-refractivity contribution in [3.05, 3.63) is 63.1 Å². The number of amides is 2. The van der Waals surface area contributed by atoms with Gasteiger partial charge in [0.2, 0.25) is 5.91 Å². The molecule has 5 nitrogen and oxygen atoms in total. The minimum Gasteiger partial charge on any atom is -0.484 e. The average molecular weight is 465 g/mol. The molecule has 0 bridgehead atoms. The van der Waals surface area contributed by atoms with Crippen LogP contribution in [-0.2, 0) is 16.1 Å². The maximum Gasteiger partial charge on any atom is 0.261 e. The zero-order chi connectivity index (χ0) is 23.0. The standard InChI is InChI=1S/C24H30Cl2N2O3/c1-5-6-12-27-24(30)18(4)28(14-20-21(25)8-7-9-22(20)26)23(29)15-31-19-11-10-16(2)17(3)13-19/h7-11,13,18H,5-6,12,14-15H2,1-4H3,(H,27,30). The lowest BCUT2D eigenvalue weighted by Gasteiger charge is -2.29. The maximum absolute atomic E-state index is 13.1. The fourth-order valence-corrected chi connectivity index (χ4v) is 3.52. The van der Waals surface area contributed by atoms with Crippen molar-refractivity contribution in [2.45, 2.75) is 53.1 Å². The van der Waals surface area contributed by atoms with Crippen molar-refractivity contribution in [3.8, 4) is 5.75 Å². The second-order valence-electron chi connectivity index (χ2n) is 7.58. The second kappa shape index (κ2) is 12.0. The molecule has 31 heavy (non-hydrogen) atoms. The molecule has 0 radical (unpaired) electrons. The molecular formula is C24H30Cl2N2O3. The van der Waals surface area contributed by atoms with Crippen LogP contribution in [0.4, 0.5) is 0 Å². The Kier molecular flexibility index (Phi) is 9.66. The molecule has 1 atom stereocenters. The zero-order valence-corrected chi connectivity index (χ0v) is 20.0. The van der Waals surface area contributed by atoms with Gasteiger partial charge in [0.15, 0.2) is 6.61 Å². The number of hydrogen-bond acceptors (Lipinski definition) is 3. The van der Waals surface area contributed by atoms with E-state index in [0.717, 1.165) is 24.0 Å². The van der Waals surface area contributed by atoms with Crippen LogP contribution >= 0.6 is 23.2 Å². The molecule has 2 aromatic carbocycles. The van der Waals surface area contributed by atoms with Gasteiger partial charge in [0.25, 0.3) is 5.91 Å². The maximum atomic E-state index is 13.1. The minimum atomic E-state index is -0.708. The van der Waals surface area contributed by atoms with Gasteiger partial charge in [0.1, 0.15) is 11.8 Å². The lowest BCUT2D eigenvalue weighted by Crippen LogP contribution is -2.49. The Labute approximate surface area is 194 Å². The summed E-state index contributed by atoms with van der Waals surface area (Å²) in [5, 5.41) is 3.77. The van der Waals surface area contributed by atoms with E-state index in [4.69, 9.17) is 27.9 Å². The van der Waals surface area contributed by atoms with E-state index in [1.807, 2.05) is 32.0 Å². The third kappa shape index (κ3) is 7.15. The van der Waals surface area contributed by atoms with Crippen LogP contribution in [0.5, 0.6) is 5.75 Å². The van der Waals surface area contributed by atoms with E-state index < -0.39 is 6.04 Å². The van der Waals surface area contributed by atoms with Gasteiger partial charge in [-0.2, -0.15) is 0 Å². The predicted molar refractivity (Wildman–Crippen MR) is 126 cm³/mol. The summed E-state index contributed by atoms with van der Waals surface area (Å²) in [5.41, 5.74) is 2.82.